The van der Waals surface area contributed by atoms with Crippen molar-refractivity contribution in [1.82, 2.24) is 4.90 Å². The number of hydrogen-bond acceptors (Lipinski definition) is 1. The maximum Gasteiger partial charge on any atom is 0.0356 e. The van der Waals surface area contributed by atoms with Crippen LogP contribution in [0.25, 0.3) is 0 Å². The lowest BCUT2D eigenvalue weighted by molar-refractivity contribution is 0.436. The lowest BCUT2D eigenvalue weighted by Gasteiger charge is -2.16. The van der Waals surface area contributed by atoms with E-state index in [0.717, 1.165) is 13.1 Å². The molecular weight excluding hydrogens is 338 g/mol. The number of rotatable bonds is 1. The van der Waals surface area contributed by atoms with Crippen LogP contribution in [0.2, 0.25) is 0 Å². The summed E-state index contributed by atoms with van der Waals surface area (Å²) in [5.41, 5.74) is 0. The average molecular weight is 352 g/mol. The van der Waals surface area contributed by atoms with E-state index in [4.69, 9.17) is 0 Å². The molecule has 1 rings (SSSR count). The minimum absolute atomic E-state index is 0. The third-order valence-electron chi connectivity index (χ3n) is 1.29. The third kappa shape index (κ3) is 7.09. The van der Waals surface area contributed by atoms with Gasteiger partial charge in [-0.3, -0.25) is 0 Å². The Bertz CT molecular complexity index is 123. The molecule has 0 aromatic heterocycles. The molecule has 0 N–H and O–H groups in total. The topological polar surface area (TPSA) is 3.24 Å². The van der Waals surface area contributed by atoms with Gasteiger partial charge in [-0.25, -0.2) is 0 Å². The van der Waals surface area contributed by atoms with Crippen LogP contribution in [0.15, 0.2) is 24.4 Å². The van der Waals surface area contributed by atoms with Gasteiger partial charge in [-0.1, -0.05) is 12.2 Å². The Balaban J connectivity index is -0.000000213. The molecule has 0 atom stereocenters. The standard InChI is InChI=1S/C7H11N.3BrH/c1-2-8-6-4-3-5-7-8;;;/h3-6H,2,7H2,1H3;3*1H. The first-order chi connectivity index (χ1) is 3.93. The van der Waals surface area contributed by atoms with E-state index in [9.17, 15) is 0 Å². The highest BCUT2D eigenvalue weighted by Gasteiger charge is 1.91. The fraction of sp³-hybridized carbons (Fsp3) is 0.429. The van der Waals surface area contributed by atoms with E-state index in [-0.39, 0.29) is 50.9 Å². The van der Waals surface area contributed by atoms with Crippen molar-refractivity contribution in [2.24, 2.45) is 0 Å². The normalized spacial score (nSPS) is 12.6. The van der Waals surface area contributed by atoms with Gasteiger partial charge in [0.1, 0.15) is 0 Å². The fourth-order valence-electron chi connectivity index (χ4n) is 0.742. The van der Waals surface area contributed by atoms with Crippen molar-refractivity contribution in [3.63, 3.8) is 0 Å². The molecule has 1 heterocycles. The zero-order valence-corrected chi connectivity index (χ0v) is 11.5. The van der Waals surface area contributed by atoms with E-state index < -0.39 is 0 Å². The highest BCUT2D eigenvalue weighted by molar-refractivity contribution is 8.93. The summed E-state index contributed by atoms with van der Waals surface area (Å²) in [6.07, 6.45) is 8.41. The van der Waals surface area contributed by atoms with Crippen molar-refractivity contribution < 1.29 is 0 Å². The second-order valence-corrected chi connectivity index (χ2v) is 1.86. The maximum absolute atomic E-state index is 2.25. The van der Waals surface area contributed by atoms with Gasteiger partial charge >= 0.3 is 0 Å². The van der Waals surface area contributed by atoms with Crippen molar-refractivity contribution >= 4 is 50.9 Å². The first-order valence-corrected chi connectivity index (χ1v) is 3.01. The van der Waals surface area contributed by atoms with Crippen LogP contribution in [-0.2, 0) is 0 Å². The molecule has 1 nitrogen and oxygen atoms in total. The van der Waals surface area contributed by atoms with Crippen molar-refractivity contribution in [1.29, 1.82) is 0 Å². The van der Waals surface area contributed by atoms with Crippen LogP contribution >= 0.6 is 50.9 Å². The molecule has 11 heavy (non-hydrogen) atoms. The van der Waals surface area contributed by atoms with Gasteiger partial charge in [0.15, 0.2) is 0 Å². The zero-order valence-electron chi connectivity index (χ0n) is 6.40. The zero-order chi connectivity index (χ0) is 5.82. The number of nitrogens with zero attached hydrogens (tertiary/aromatic N) is 1. The Hall–Kier alpha value is 0.720. The van der Waals surface area contributed by atoms with Crippen LogP contribution in [0.1, 0.15) is 6.92 Å². The highest BCUT2D eigenvalue weighted by Crippen LogP contribution is 1.95. The Morgan fingerprint density at radius 1 is 1.18 bits per heavy atom. The summed E-state index contributed by atoms with van der Waals surface area (Å²) in [6, 6.07) is 0. The van der Waals surface area contributed by atoms with E-state index in [1.165, 1.54) is 0 Å². The molecule has 0 fully saturated rings. The minimum atomic E-state index is 0. The molecule has 0 bridgehead atoms. The molecule has 0 aromatic rings. The summed E-state index contributed by atoms with van der Waals surface area (Å²) in [4.78, 5) is 2.25. The predicted molar refractivity (Wildman–Crippen MR) is 66.5 cm³/mol. The third-order valence-corrected chi connectivity index (χ3v) is 1.29. The van der Waals surface area contributed by atoms with E-state index in [1.54, 1.807) is 0 Å². The van der Waals surface area contributed by atoms with E-state index in [0.29, 0.717) is 0 Å². The molecule has 0 radical (unpaired) electrons. The smallest absolute Gasteiger partial charge is 0.0356 e. The van der Waals surface area contributed by atoms with E-state index in [2.05, 4.69) is 36.3 Å². The molecule has 0 spiro atoms. The van der Waals surface area contributed by atoms with Gasteiger partial charge in [-0.2, -0.15) is 0 Å². The van der Waals surface area contributed by atoms with Crippen LogP contribution in [0.5, 0.6) is 0 Å². The molecule has 0 aliphatic carbocycles. The fourth-order valence-corrected chi connectivity index (χ4v) is 0.742. The molecular formula is C7H14Br3N. The molecule has 0 amide bonds. The second kappa shape index (κ2) is 10.7. The monoisotopic (exact) mass is 349 g/mol. The Morgan fingerprint density at radius 3 is 2.09 bits per heavy atom. The molecule has 1 aliphatic rings. The maximum atomic E-state index is 2.25. The van der Waals surface area contributed by atoms with Crippen molar-refractivity contribution in [3.05, 3.63) is 24.4 Å². The van der Waals surface area contributed by atoms with Gasteiger partial charge in [0.25, 0.3) is 0 Å². The van der Waals surface area contributed by atoms with Crippen LogP contribution in [0.4, 0.5) is 0 Å². The van der Waals surface area contributed by atoms with Gasteiger partial charge in [0, 0.05) is 13.1 Å². The summed E-state index contributed by atoms with van der Waals surface area (Å²) in [5.74, 6) is 0. The van der Waals surface area contributed by atoms with Gasteiger partial charge < -0.3 is 4.90 Å². The SMILES string of the molecule is Br.Br.Br.CCN1C=CC=CC1. The number of halogens is 3. The van der Waals surface area contributed by atoms with Crippen molar-refractivity contribution in [2.75, 3.05) is 13.1 Å². The molecule has 0 unspecified atom stereocenters. The molecule has 4 heteroatoms. The number of hydrogen-bond donors (Lipinski definition) is 0. The average Bonchev–Trinajstić information content (AvgIpc) is 1.90. The van der Waals surface area contributed by atoms with Gasteiger partial charge in [0.2, 0.25) is 0 Å². The molecule has 0 aromatic carbocycles. The Labute approximate surface area is 99.8 Å². The summed E-state index contributed by atoms with van der Waals surface area (Å²) in [7, 11) is 0. The van der Waals surface area contributed by atoms with Crippen LogP contribution < -0.4 is 0 Å². The van der Waals surface area contributed by atoms with Crippen LogP contribution in [0.3, 0.4) is 0 Å². The van der Waals surface area contributed by atoms with E-state index >= 15 is 0 Å². The van der Waals surface area contributed by atoms with Crippen LogP contribution in [-0.4, -0.2) is 18.0 Å². The van der Waals surface area contributed by atoms with Crippen molar-refractivity contribution in [2.45, 2.75) is 6.92 Å². The highest BCUT2D eigenvalue weighted by atomic mass is 79.9. The molecule has 0 saturated carbocycles. The largest absolute Gasteiger partial charge is 0.374 e. The molecule has 0 saturated heterocycles. The number of likely N-dealkylation sites (N-methyl/N-ethyl adjacent to an activating group) is 1. The van der Waals surface area contributed by atoms with Crippen molar-refractivity contribution in [3.8, 4) is 0 Å². The van der Waals surface area contributed by atoms with E-state index in [1.807, 2.05) is 0 Å². The summed E-state index contributed by atoms with van der Waals surface area (Å²) in [6.45, 7) is 4.34. The molecule has 1 aliphatic heterocycles. The van der Waals surface area contributed by atoms with Gasteiger partial charge in [-0.15, -0.1) is 50.9 Å². The quantitative estimate of drug-likeness (QED) is 0.701. The van der Waals surface area contributed by atoms with Gasteiger partial charge in [-0.05, 0) is 19.2 Å². The predicted octanol–water partition coefficient (Wildman–Crippen LogP) is 3.13. The Morgan fingerprint density at radius 2 is 1.82 bits per heavy atom. The summed E-state index contributed by atoms with van der Waals surface area (Å²) >= 11 is 0. The van der Waals surface area contributed by atoms with Gasteiger partial charge in [0.05, 0.1) is 0 Å². The lowest BCUT2D eigenvalue weighted by atomic mass is 10.3. The number of allylic oxidation sites excluding steroid dienone is 2. The lowest BCUT2D eigenvalue weighted by Crippen LogP contribution is -2.17. The van der Waals surface area contributed by atoms with Crippen LogP contribution in [0, 0.1) is 0 Å². The second-order valence-electron chi connectivity index (χ2n) is 1.86. The summed E-state index contributed by atoms with van der Waals surface area (Å²) in [5, 5.41) is 0. The Kier molecular flexibility index (Phi) is 17.3. The first-order valence-electron chi connectivity index (χ1n) is 3.01. The summed E-state index contributed by atoms with van der Waals surface area (Å²) < 4.78 is 0. The first kappa shape index (κ1) is 17.7. The molecule has 68 valence electrons. The minimum Gasteiger partial charge on any atom is -0.374 e.